The molecular formula is C14H15N3O. The van der Waals surface area contributed by atoms with Crippen molar-refractivity contribution in [2.24, 2.45) is 0 Å². The molecule has 4 nitrogen and oxygen atoms in total. The van der Waals surface area contributed by atoms with Gasteiger partial charge in [-0.15, -0.1) is 0 Å². The Morgan fingerprint density at radius 3 is 2.89 bits per heavy atom. The van der Waals surface area contributed by atoms with Gasteiger partial charge >= 0.3 is 0 Å². The lowest BCUT2D eigenvalue weighted by Crippen LogP contribution is -2.32. The molecule has 0 aliphatic rings. The summed E-state index contributed by atoms with van der Waals surface area (Å²) >= 11 is 0. The molecule has 1 heterocycles. The third-order valence-corrected chi connectivity index (χ3v) is 2.67. The van der Waals surface area contributed by atoms with Crippen molar-refractivity contribution in [3.05, 3.63) is 36.0 Å². The number of amides is 1. The van der Waals surface area contributed by atoms with Gasteiger partial charge in [-0.3, -0.25) is 4.79 Å². The van der Waals surface area contributed by atoms with Crippen molar-refractivity contribution in [2.75, 3.05) is 0 Å². The van der Waals surface area contributed by atoms with E-state index in [9.17, 15) is 4.79 Å². The van der Waals surface area contributed by atoms with Gasteiger partial charge in [-0.2, -0.15) is 5.26 Å². The molecule has 0 saturated heterocycles. The maximum atomic E-state index is 11.7. The zero-order valence-corrected chi connectivity index (χ0v) is 10.5. The van der Waals surface area contributed by atoms with E-state index < -0.39 is 0 Å². The maximum Gasteiger partial charge on any atom is 0.240 e. The average molecular weight is 241 g/mol. The van der Waals surface area contributed by atoms with Gasteiger partial charge in [0.1, 0.15) is 6.54 Å². The van der Waals surface area contributed by atoms with E-state index in [2.05, 4.69) is 11.4 Å². The third-order valence-electron chi connectivity index (χ3n) is 2.67. The van der Waals surface area contributed by atoms with Crippen LogP contribution in [0.5, 0.6) is 0 Å². The standard InChI is InChI=1S/C14H15N3O/c1-10(2)16-14(18)9-17-6-5-12-4-3-11(8-15)7-13(12)17/h3-7,10H,9H2,1-2H3,(H,16,18). The molecule has 2 rings (SSSR count). The third kappa shape index (κ3) is 2.51. The highest BCUT2D eigenvalue weighted by Gasteiger charge is 2.07. The van der Waals surface area contributed by atoms with Crippen molar-refractivity contribution in [3.63, 3.8) is 0 Å². The van der Waals surface area contributed by atoms with Gasteiger partial charge in [0.05, 0.1) is 11.6 Å². The van der Waals surface area contributed by atoms with E-state index in [1.54, 1.807) is 12.1 Å². The Balaban J connectivity index is 2.28. The second-order valence-electron chi connectivity index (χ2n) is 4.55. The van der Waals surface area contributed by atoms with Crippen LogP contribution in [0.2, 0.25) is 0 Å². The molecular weight excluding hydrogens is 226 g/mol. The molecule has 0 spiro atoms. The monoisotopic (exact) mass is 241 g/mol. The quantitative estimate of drug-likeness (QED) is 0.894. The number of hydrogen-bond donors (Lipinski definition) is 1. The molecule has 0 bridgehead atoms. The van der Waals surface area contributed by atoms with E-state index in [1.165, 1.54) is 0 Å². The highest BCUT2D eigenvalue weighted by atomic mass is 16.2. The molecule has 0 unspecified atom stereocenters. The fraction of sp³-hybridized carbons (Fsp3) is 0.286. The van der Waals surface area contributed by atoms with Crippen LogP contribution in [-0.4, -0.2) is 16.5 Å². The fourth-order valence-electron chi connectivity index (χ4n) is 1.91. The summed E-state index contributed by atoms with van der Waals surface area (Å²) in [4.78, 5) is 11.7. The summed E-state index contributed by atoms with van der Waals surface area (Å²) < 4.78 is 1.86. The van der Waals surface area contributed by atoms with Gasteiger partial charge in [0, 0.05) is 17.8 Å². The number of benzene rings is 1. The Hall–Kier alpha value is -2.28. The van der Waals surface area contributed by atoms with Gasteiger partial charge in [0.25, 0.3) is 0 Å². The fourth-order valence-corrected chi connectivity index (χ4v) is 1.91. The normalized spacial score (nSPS) is 10.6. The predicted octanol–water partition coefficient (Wildman–Crippen LogP) is 2.04. The molecule has 2 aromatic rings. The molecule has 0 saturated carbocycles. The molecule has 18 heavy (non-hydrogen) atoms. The van der Waals surface area contributed by atoms with Crippen LogP contribution in [0.4, 0.5) is 0 Å². The van der Waals surface area contributed by atoms with Crippen molar-refractivity contribution in [2.45, 2.75) is 26.4 Å². The number of carbonyl (C=O) groups excluding carboxylic acids is 1. The van der Waals surface area contributed by atoms with Crippen molar-refractivity contribution < 1.29 is 4.79 Å². The Bertz CT molecular complexity index is 619. The molecule has 1 aromatic carbocycles. The number of nitrogens with one attached hydrogen (secondary N) is 1. The molecule has 0 aliphatic carbocycles. The highest BCUT2D eigenvalue weighted by molar-refractivity contribution is 5.84. The Kier molecular flexibility index (Phi) is 3.33. The van der Waals surface area contributed by atoms with Crippen LogP contribution in [-0.2, 0) is 11.3 Å². The number of nitriles is 1. The van der Waals surface area contributed by atoms with Crippen LogP contribution in [0.3, 0.4) is 0 Å². The topological polar surface area (TPSA) is 57.8 Å². The van der Waals surface area contributed by atoms with Crippen LogP contribution >= 0.6 is 0 Å². The smallest absolute Gasteiger partial charge is 0.240 e. The van der Waals surface area contributed by atoms with E-state index in [0.29, 0.717) is 5.56 Å². The lowest BCUT2D eigenvalue weighted by atomic mass is 10.2. The summed E-state index contributed by atoms with van der Waals surface area (Å²) in [6, 6.07) is 9.66. The summed E-state index contributed by atoms with van der Waals surface area (Å²) in [6.45, 7) is 4.13. The van der Waals surface area contributed by atoms with Crippen molar-refractivity contribution in [3.8, 4) is 6.07 Å². The Morgan fingerprint density at radius 2 is 2.22 bits per heavy atom. The average Bonchev–Trinajstić information content (AvgIpc) is 2.70. The zero-order chi connectivity index (χ0) is 13.1. The van der Waals surface area contributed by atoms with Crippen LogP contribution in [0.25, 0.3) is 10.9 Å². The summed E-state index contributed by atoms with van der Waals surface area (Å²) in [5, 5.41) is 12.8. The molecule has 4 heteroatoms. The predicted molar refractivity (Wildman–Crippen MR) is 69.9 cm³/mol. The lowest BCUT2D eigenvalue weighted by Gasteiger charge is -2.09. The molecule has 92 valence electrons. The van der Waals surface area contributed by atoms with E-state index >= 15 is 0 Å². The summed E-state index contributed by atoms with van der Waals surface area (Å²) in [5.41, 5.74) is 1.51. The second kappa shape index (κ2) is 4.92. The molecule has 0 atom stereocenters. The highest BCUT2D eigenvalue weighted by Crippen LogP contribution is 2.17. The lowest BCUT2D eigenvalue weighted by molar-refractivity contribution is -0.122. The van der Waals surface area contributed by atoms with E-state index in [1.807, 2.05) is 36.7 Å². The van der Waals surface area contributed by atoms with Crippen molar-refractivity contribution in [1.82, 2.24) is 9.88 Å². The van der Waals surface area contributed by atoms with Gasteiger partial charge in [-0.25, -0.2) is 0 Å². The first kappa shape index (κ1) is 12.2. The van der Waals surface area contributed by atoms with Crippen molar-refractivity contribution >= 4 is 16.8 Å². The Labute approximate surface area is 106 Å². The molecule has 0 fully saturated rings. The number of fused-ring (bicyclic) bond motifs is 1. The minimum atomic E-state index is -0.0233. The van der Waals surface area contributed by atoms with Gasteiger partial charge in [0.2, 0.25) is 5.91 Å². The van der Waals surface area contributed by atoms with Gasteiger partial charge in [-0.05, 0) is 37.4 Å². The largest absolute Gasteiger partial charge is 0.352 e. The molecule has 0 radical (unpaired) electrons. The van der Waals surface area contributed by atoms with Crippen LogP contribution in [0.15, 0.2) is 30.5 Å². The van der Waals surface area contributed by atoms with Crippen LogP contribution in [0.1, 0.15) is 19.4 Å². The first-order valence-corrected chi connectivity index (χ1v) is 5.88. The number of aromatic nitrogens is 1. The minimum absolute atomic E-state index is 0.0233. The summed E-state index contributed by atoms with van der Waals surface area (Å²) in [5.74, 6) is -0.0233. The molecule has 1 aromatic heterocycles. The van der Waals surface area contributed by atoms with Gasteiger partial charge in [-0.1, -0.05) is 6.07 Å². The summed E-state index contributed by atoms with van der Waals surface area (Å²) in [7, 11) is 0. The maximum absolute atomic E-state index is 11.7. The summed E-state index contributed by atoms with van der Waals surface area (Å²) in [6.07, 6.45) is 1.87. The molecule has 0 aliphatic heterocycles. The Morgan fingerprint density at radius 1 is 1.44 bits per heavy atom. The van der Waals surface area contributed by atoms with E-state index in [4.69, 9.17) is 5.26 Å². The molecule has 1 N–H and O–H groups in total. The number of carbonyl (C=O) groups is 1. The number of rotatable bonds is 3. The SMILES string of the molecule is CC(C)NC(=O)Cn1ccc2ccc(C#N)cc21. The van der Waals surface area contributed by atoms with Gasteiger partial charge in [0.15, 0.2) is 0 Å². The number of nitrogens with zero attached hydrogens (tertiary/aromatic N) is 2. The molecule has 1 amide bonds. The van der Waals surface area contributed by atoms with Crippen LogP contribution < -0.4 is 5.32 Å². The van der Waals surface area contributed by atoms with Crippen LogP contribution in [0, 0.1) is 11.3 Å². The van der Waals surface area contributed by atoms with E-state index in [0.717, 1.165) is 10.9 Å². The zero-order valence-electron chi connectivity index (χ0n) is 10.5. The second-order valence-corrected chi connectivity index (χ2v) is 4.55. The first-order valence-electron chi connectivity index (χ1n) is 5.88. The number of hydrogen-bond acceptors (Lipinski definition) is 2. The van der Waals surface area contributed by atoms with Crippen molar-refractivity contribution in [1.29, 1.82) is 5.26 Å². The van der Waals surface area contributed by atoms with Gasteiger partial charge < -0.3 is 9.88 Å². The van der Waals surface area contributed by atoms with E-state index in [-0.39, 0.29) is 18.5 Å². The first-order chi connectivity index (χ1) is 8.60. The minimum Gasteiger partial charge on any atom is -0.352 e.